The first-order valence-electron chi connectivity index (χ1n) is 25.2. The molecule has 0 spiro atoms. The van der Waals surface area contributed by atoms with Crippen LogP contribution in [0.3, 0.4) is 0 Å². The highest BCUT2D eigenvalue weighted by Gasteiger charge is 2.68. The molecule has 0 aromatic heterocycles. The van der Waals surface area contributed by atoms with Gasteiger partial charge in [0.05, 0.1) is 48.8 Å². The maximum Gasteiger partial charge on any atom is 0.331 e. The number of hydrogen-bond acceptors (Lipinski definition) is 19. The first-order valence-corrected chi connectivity index (χ1v) is 25.2. The van der Waals surface area contributed by atoms with Gasteiger partial charge in [-0.25, -0.2) is 4.79 Å². The predicted octanol–water partition coefficient (Wildman–Crippen LogP) is 1.64. The van der Waals surface area contributed by atoms with Crippen molar-refractivity contribution in [2.45, 2.75) is 235 Å². The smallest absolute Gasteiger partial charge is 0.331 e. The highest BCUT2D eigenvalue weighted by molar-refractivity contribution is 5.85. The third kappa shape index (κ3) is 9.36. The summed E-state index contributed by atoms with van der Waals surface area (Å²) in [6.07, 6.45) is -7.65. The van der Waals surface area contributed by atoms with Crippen LogP contribution < -0.4 is 0 Å². The second-order valence-corrected chi connectivity index (χ2v) is 22.1. The molecule has 0 bridgehead atoms. The summed E-state index contributed by atoms with van der Waals surface area (Å²) in [5, 5.41) is 76.1. The summed E-state index contributed by atoms with van der Waals surface area (Å²) in [6.45, 7) is 10.8. The van der Waals surface area contributed by atoms with E-state index in [2.05, 4.69) is 13.8 Å². The Bertz CT molecular complexity index is 1810. The van der Waals surface area contributed by atoms with Gasteiger partial charge in [0.15, 0.2) is 25.2 Å². The zero-order valence-electron chi connectivity index (χ0n) is 40.2. The molecule has 7 N–H and O–H groups in total. The van der Waals surface area contributed by atoms with E-state index < -0.39 is 123 Å². The maximum absolute atomic E-state index is 12.6. The molecule has 25 atom stereocenters. The van der Waals surface area contributed by atoms with Crippen LogP contribution in [0, 0.1) is 34.5 Å². The van der Waals surface area contributed by atoms with Gasteiger partial charge in [-0.3, -0.25) is 4.79 Å². The van der Waals surface area contributed by atoms with Crippen molar-refractivity contribution in [2.75, 3.05) is 13.2 Å². The summed E-state index contributed by atoms with van der Waals surface area (Å²) in [5.74, 6) is 0.357. The van der Waals surface area contributed by atoms with E-state index in [-0.39, 0.29) is 54.0 Å². The van der Waals surface area contributed by atoms with Crippen molar-refractivity contribution in [3.05, 3.63) is 11.6 Å². The van der Waals surface area contributed by atoms with Gasteiger partial charge in [-0.2, -0.15) is 0 Å². The number of aliphatic hydroxyl groups is 7. The van der Waals surface area contributed by atoms with Crippen LogP contribution in [0.1, 0.15) is 119 Å². The number of ether oxygens (including phenoxy) is 10. The Morgan fingerprint density at radius 3 is 1.94 bits per heavy atom. The molecule has 0 radical (unpaired) electrons. The standard InChI is InChI=1S/C49H76O19/c1-22-43(66-38-18-33(53)44(23(2)61-38)67-39-19-34(63-25(4)51)45(24(3)62-39)68-46-42(57)41(56)40(55)35(20-50)65-46)32(52)17-37(60-22)64-28-9-12-47(5)27(16-28)7-8-31-30(47)10-13-48(6)29(11-14-49(31,48)58)26-15-36(54)59-21-26/h15,22-24,27-35,37-46,50,52-53,55-58H,7-14,16-21H2,1-6H3/t22-,23-,24-,27+,28+,29-,30-,31-,32+,33+,34+,35-,37+,38+,39+,40-,41+,42-,43+,44+,45-,46+,47+,48-,49+/m1/s1. The van der Waals surface area contributed by atoms with Crippen LogP contribution in [0.2, 0.25) is 0 Å². The Balaban J connectivity index is 0.746. The van der Waals surface area contributed by atoms with Crippen molar-refractivity contribution in [1.82, 2.24) is 0 Å². The lowest BCUT2D eigenvalue weighted by atomic mass is 9.43. The largest absolute Gasteiger partial charge is 0.459 e. The van der Waals surface area contributed by atoms with E-state index in [4.69, 9.17) is 47.4 Å². The van der Waals surface area contributed by atoms with Gasteiger partial charge in [0.1, 0.15) is 55.4 Å². The Morgan fingerprint density at radius 1 is 0.706 bits per heavy atom. The Hall–Kier alpha value is -1.92. The zero-order chi connectivity index (χ0) is 48.6. The molecule has 5 heterocycles. The molecule has 5 aliphatic heterocycles. The molecular weight excluding hydrogens is 893 g/mol. The average molecular weight is 969 g/mol. The average Bonchev–Trinajstić information content (AvgIpc) is 3.83. The van der Waals surface area contributed by atoms with Crippen molar-refractivity contribution >= 4 is 11.9 Å². The summed E-state index contributed by atoms with van der Waals surface area (Å²) < 4.78 is 60.2. The molecule has 0 aromatic carbocycles. The van der Waals surface area contributed by atoms with Crippen molar-refractivity contribution in [2.24, 2.45) is 34.5 Å². The molecule has 0 unspecified atom stereocenters. The van der Waals surface area contributed by atoms with E-state index in [1.165, 1.54) is 6.92 Å². The molecule has 68 heavy (non-hydrogen) atoms. The molecule has 19 heteroatoms. The van der Waals surface area contributed by atoms with Crippen molar-refractivity contribution in [1.29, 1.82) is 0 Å². The van der Waals surface area contributed by atoms with Gasteiger partial charge in [-0.05, 0) is 113 Å². The molecule has 4 saturated heterocycles. The molecule has 19 nitrogen and oxygen atoms in total. The van der Waals surface area contributed by atoms with Crippen LogP contribution in [-0.2, 0) is 57.0 Å². The van der Waals surface area contributed by atoms with Gasteiger partial charge in [-0.15, -0.1) is 0 Å². The fourth-order valence-corrected chi connectivity index (χ4v) is 14.6. The van der Waals surface area contributed by atoms with Crippen molar-refractivity contribution in [3.63, 3.8) is 0 Å². The van der Waals surface area contributed by atoms with Crippen LogP contribution in [-0.4, -0.2) is 177 Å². The van der Waals surface area contributed by atoms with E-state index in [0.717, 1.165) is 63.4 Å². The Kier molecular flexibility index (Phi) is 14.9. The number of carbonyl (C=O) groups excluding carboxylic acids is 2. The van der Waals surface area contributed by atoms with Crippen LogP contribution in [0.15, 0.2) is 11.6 Å². The van der Waals surface area contributed by atoms with E-state index in [0.29, 0.717) is 18.4 Å². The first kappa shape index (κ1) is 51.0. The molecule has 9 aliphatic rings. The first-order chi connectivity index (χ1) is 32.2. The lowest BCUT2D eigenvalue weighted by Gasteiger charge is -2.64. The molecule has 0 aromatic rings. The second kappa shape index (κ2) is 19.8. The van der Waals surface area contributed by atoms with Gasteiger partial charge in [-0.1, -0.05) is 13.8 Å². The number of cyclic esters (lactones) is 1. The molecule has 9 rings (SSSR count). The summed E-state index contributed by atoms with van der Waals surface area (Å²) >= 11 is 0. The summed E-state index contributed by atoms with van der Waals surface area (Å²) in [4.78, 5) is 24.2. The number of carbonyl (C=O) groups is 2. The highest BCUT2D eigenvalue weighted by Crippen LogP contribution is 2.70. The van der Waals surface area contributed by atoms with E-state index in [9.17, 15) is 45.3 Å². The third-order valence-electron chi connectivity index (χ3n) is 18.3. The normalized spacial score (nSPS) is 52.8. The molecule has 386 valence electrons. The third-order valence-corrected chi connectivity index (χ3v) is 18.3. The minimum atomic E-state index is -1.68. The Morgan fingerprint density at radius 2 is 1.34 bits per heavy atom. The number of esters is 2. The van der Waals surface area contributed by atoms with Gasteiger partial charge < -0.3 is 83.1 Å². The maximum atomic E-state index is 12.6. The second-order valence-electron chi connectivity index (χ2n) is 22.1. The van der Waals surface area contributed by atoms with E-state index in [1.54, 1.807) is 19.9 Å². The lowest BCUT2D eigenvalue weighted by Crippen LogP contribution is -2.62. The number of fused-ring (bicyclic) bond motifs is 5. The fraction of sp³-hybridized carbons (Fsp3) is 0.918. The summed E-state index contributed by atoms with van der Waals surface area (Å²) in [7, 11) is 0. The van der Waals surface area contributed by atoms with Crippen molar-refractivity contribution in [3.8, 4) is 0 Å². The van der Waals surface area contributed by atoms with E-state index >= 15 is 0 Å². The summed E-state index contributed by atoms with van der Waals surface area (Å²) in [5.41, 5.74) is 0.0925. The Labute approximate surface area is 398 Å². The van der Waals surface area contributed by atoms with Crippen LogP contribution in [0.4, 0.5) is 0 Å². The lowest BCUT2D eigenvalue weighted by molar-refractivity contribution is -0.355. The number of hydrogen-bond donors (Lipinski definition) is 7. The number of aliphatic hydroxyl groups excluding tert-OH is 6. The molecule has 4 aliphatic carbocycles. The topological polar surface area (TPSA) is 268 Å². The van der Waals surface area contributed by atoms with Gasteiger partial charge >= 0.3 is 11.9 Å². The highest BCUT2D eigenvalue weighted by atomic mass is 16.8. The molecule has 0 amide bonds. The molecule has 8 fully saturated rings. The SMILES string of the molecule is CC(=O)O[C@H]1C[C@H](O[C@@H]2[C@@H](O)C[C@H](O[C@@H]3[C@@H](O)C[C@H](O[C@H]4CC[C@@]5(C)[C@@H](CC[C@@H]6[C@H]5CC[C@]5(C)[C@@H](C7=CC(=O)OC7)CC[C@]65O)C4)O[C@@H]3C)O[C@@H]2C)O[C@H](C)[C@H]1O[C@@H]1O[C@H](CO)[C@@H](O)[C@H](O)[C@H]1O. The minimum absolute atomic E-state index is 0.0126. The zero-order valence-corrected chi connectivity index (χ0v) is 40.2. The van der Waals surface area contributed by atoms with Gasteiger partial charge in [0.25, 0.3) is 0 Å². The van der Waals surface area contributed by atoms with Gasteiger partial charge in [0, 0.05) is 37.7 Å². The van der Waals surface area contributed by atoms with Crippen LogP contribution in [0.25, 0.3) is 0 Å². The molecule has 4 saturated carbocycles. The minimum Gasteiger partial charge on any atom is -0.459 e. The van der Waals surface area contributed by atoms with Crippen LogP contribution in [0.5, 0.6) is 0 Å². The van der Waals surface area contributed by atoms with Crippen molar-refractivity contribution < 1.29 is 92.7 Å². The number of rotatable bonds is 11. The van der Waals surface area contributed by atoms with E-state index in [1.807, 2.05) is 6.92 Å². The van der Waals surface area contributed by atoms with Gasteiger partial charge in [0.2, 0.25) is 0 Å². The predicted molar refractivity (Wildman–Crippen MR) is 233 cm³/mol. The van der Waals surface area contributed by atoms with Crippen LogP contribution >= 0.6 is 0 Å². The molecular formula is C49H76O19. The quantitative estimate of drug-likeness (QED) is 0.115. The summed E-state index contributed by atoms with van der Waals surface area (Å²) in [6, 6.07) is 0. The fourth-order valence-electron chi connectivity index (χ4n) is 14.6. The monoisotopic (exact) mass is 968 g/mol.